The summed E-state index contributed by atoms with van der Waals surface area (Å²) >= 11 is 0. The van der Waals surface area contributed by atoms with Crippen LogP contribution >= 0.6 is 0 Å². The number of carbonyl (C=O) groups is 1. The number of primary sulfonamides is 1. The van der Waals surface area contributed by atoms with Gasteiger partial charge in [-0.05, 0) is 87.3 Å². The molecule has 332 valence electrons. The van der Waals surface area contributed by atoms with Gasteiger partial charge in [-0.3, -0.25) is 9.36 Å². The fourth-order valence-electron chi connectivity index (χ4n) is 5.84. The minimum absolute atomic E-state index is 0.0745. The molecule has 0 bridgehead atoms. The molecule has 0 fully saturated rings. The highest BCUT2D eigenvalue weighted by Gasteiger charge is 2.25. The standard InChI is InChI=1S/C20H30FN5O3S.C13H16FNO.C7H14N4O2S/c1-12(2)16-8-14(21)9-17(13(3)4)19(16)22-20(27)24-30(28,29)18-10-15(11-25(5)6)26(7)23-18;1-8(2)11-5-10(14)6-12(9(3)4)13(11)16-7-15;1-10(2)5-6-4-7(9-11(6)3)14(8,12)13/h8-10,12-13H,11H2,1-7H3,(H2,22,24,27);5-6,8-9H,1-4H3;4H,5H2,1-3H3,(H2,8,12,13). The lowest BCUT2D eigenvalue weighted by atomic mass is 9.92. The number of nitriles is 1. The number of hydrogen-bond acceptors (Lipinski definition) is 11. The van der Waals surface area contributed by atoms with Gasteiger partial charge in [-0.15, -0.1) is 5.26 Å². The summed E-state index contributed by atoms with van der Waals surface area (Å²) in [5, 5.41) is 23.7. The molecule has 0 atom stereocenters. The van der Waals surface area contributed by atoms with Gasteiger partial charge in [0.2, 0.25) is 0 Å². The van der Waals surface area contributed by atoms with Crippen molar-refractivity contribution in [3.8, 4) is 12.0 Å². The molecular weight excluding hydrogens is 819 g/mol. The normalized spacial score (nSPS) is 11.8. The largest absolute Gasteiger partial charge is 0.387 e. The van der Waals surface area contributed by atoms with Gasteiger partial charge in [0.1, 0.15) is 17.4 Å². The van der Waals surface area contributed by atoms with Gasteiger partial charge in [-0.25, -0.2) is 31.9 Å². The molecule has 0 saturated carbocycles. The van der Waals surface area contributed by atoms with E-state index in [9.17, 15) is 30.4 Å². The van der Waals surface area contributed by atoms with Gasteiger partial charge in [0.25, 0.3) is 26.3 Å². The van der Waals surface area contributed by atoms with Crippen LogP contribution in [0.3, 0.4) is 0 Å². The number of urea groups is 1. The number of rotatable bonds is 13. The van der Waals surface area contributed by atoms with E-state index < -0.39 is 31.9 Å². The number of aryl methyl sites for hydroxylation is 2. The summed E-state index contributed by atoms with van der Waals surface area (Å²) < 4.78 is 84.7. The van der Waals surface area contributed by atoms with Crippen LogP contribution in [0.1, 0.15) is 113 Å². The van der Waals surface area contributed by atoms with E-state index in [1.54, 1.807) is 20.4 Å². The lowest BCUT2D eigenvalue weighted by Crippen LogP contribution is -2.35. The average molecular weight is 879 g/mol. The van der Waals surface area contributed by atoms with Crippen molar-refractivity contribution < 1.29 is 35.1 Å². The summed E-state index contributed by atoms with van der Waals surface area (Å²) in [5.41, 5.74) is 4.58. The molecule has 4 aromatic rings. The lowest BCUT2D eigenvalue weighted by molar-refractivity contribution is 0.256. The Kier molecular flexibility index (Phi) is 18.4. The second-order valence-electron chi connectivity index (χ2n) is 16.0. The Morgan fingerprint density at radius 3 is 1.43 bits per heavy atom. The van der Waals surface area contributed by atoms with Crippen molar-refractivity contribution in [3.63, 3.8) is 0 Å². The number of benzene rings is 2. The number of aromatic nitrogens is 4. The Hall–Kier alpha value is -4.94. The number of nitrogens with zero attached hydrogens (tertiary/aromatic N) is 7. The number of ether oxygens (including phenoxy) is 1. The first-order valence-electron chi connectivity index (χ1n) is 19.0. The number of nitrogens with two attached hydrogens (primary N) is 1. The Balaban J connectivity index is 0.000000346. The third kappa shape index (κ3) is 14.7. The van der Waals surface area contributed by atoms with Crippen molar-refractivity contribution in [1.82, 2.24) is 34.1 Å². The molecular formula is C40H60F2N10O6S2. The van der Waals surface area contributed by atoms with Gasteiger partial charge in [0, 0.05) is 56.1 Å². The quantitative estimate of drug-likeness (QED) is 0.124. The summed E-state index contributed by atoms with van der Waals surface area (Å²) in [6.07, 6.45) is 1.67. The highest BCUT2D eigenvalue weighted by molar-refractivity contribution is 7.90. The van der Waals surface area contributed by atoms with Crippen molar-refractivity contribution in [2.24, 2.45) is 19.2 Å². The van der Waals surface area contributed by atoms with Gasteiger partial charge in [-0.1, -0.05) is 55.4 Å². The number of amides is 2. The maximum absolute atomic E-state index is 14.1. The molecule has 2 amide bonds. The zero-order valence-corrected chi connectivity index (χ0v) is 38.6. The molecule has 0 aliphatic heterocycles. The summed E-state index contributed by atoms with van der Waals surface area (Å²) in [4.78, 5) is 16.4. The van der Waals surface area contributed by atoms with Crippen LogP contribution in [0, 0.1) is 23.2 Å². The van der Waals surface area contributed by atoms with E-state index >= 15 is 0 Å². The molecule has 0 unspecified atom stereocenters. The first kappa shape index (κ1) is 51.2. The number of carbonyl (C=O) groups excluding carboxylic acids is 1. The van der Waals surface area contributed by atoms with Crippen LogP contribution in [0.4, 0.5) is 19.3 Å². The van der Waals surface area contributed by atoms with Gasteiger partial charge in [0.15, 0.2) is 10.1 Å². The highest BCUT2D eigenvalue weighted by Crippen LogP contribution is 2.36. The van der Waals surface area contributed by atoms with Gasteiger partial charge < -0.3 is 19.9 Å². The minimum atomic E-state index is -4.18. The third-order valence-electron chi connectivity index (χ3n) is 8.81. The zero-order valence-electron chi connectivity index (χ0n) is 36.9. The summed E-state index contributed by atoms with van der Waals surface area (Å²) in [6, 6.07) is 7.55. The predicted molar refractivity (Wildman–Crippen MR) is 227 cm³/mol. The lowest BCUT2D eigenvalue weighted by Gasteiger charge is -2.20. The van der Waals surface area contributed by atoms with Crippen LogP contribution in [-0.4, -0.2) is 80.4 Å². The van der Waals surface area contributed by atoms with E-state index in [0.717, 1.165) is 16.8 Å². The molecule has 0 aliphatic carbocycles. The van der Waals surface area contributed by atoms with Gasteiger partial charge >= 0.3 is 6.03 Å². The molecule has 60 heavy (non-hydrogen) atoms. The fourth-order valence-corrected chi connectivity index (χ4v) is 7.30. The highest BCUT2D eigenvalue weighted by atomic mass is 32.2. The molecule has 16 nitrogen and oxygen atoms in total. The van der Waals surface area contributed by atoms with Crippen LogP contribution in [0.2, 0.25) is 0 Å². The molecule has 2 heterocycles. The average Bonchev–Trinajstić information content (AvgIpc) is 3.67. The van der Waals surface area contributed by atoms with E-state index in [0.29, 0.717) is 41.3 Å². The number of nitrogens with one attached hydrogen (secondary N) is 2. The molecule has 2 aromatic heterocycles. The Labute approximate surface area is 353 Å². The van der Waals surface area contributed by atoms with Crippen molar-refractivity contribution in [3.05, 3.63) is 81.7 Å². The van der Waals surface area contributed by atoms with Crippen LogP contribution < -0.4 is 19.9 Å². The van der Waals surface area contributed by atoms with E-state index in [4.69, 9.17) is 15.1 Å². The first-order valence-corrected chi connectivity index (χ1v) is 22.1. The predicted octanol–water partition coefficient (Wildman–Crippen LogP) is 6.44. The van der Waals surface area contributed by atoms with Crippen molar-refractivity contribution in [1.29, 1.82) is 5.26 Å². The SMILES string of the molecule is CC(C)c1cc(F)cc(C(C)C)c1NC(=O)NS(=O)(=O)c1cc(CN(C)C)n(C)n1.CC(C)c1cc(F)cc(C(C)C)c1OC#N.CN(C)Cc1cc(S(N)(=O)=O)nn1C. The third-order valence-corrected chi connectivity index (χ3v) is 10.8. The molecule has 4 rings (SSSR count). The summed E-state index contributed by atoms with van der Waals surface area (Å²) in [5.74, 6) is -0.0773. The second-order valence-corrected chi connectivity index (χ2v) is 19.1. The van der Waals surface area contributed by atoms with Crippen LogP contribution in [0.5, 0.6) is 5.75 Å². The molecule has 2 aromatic carbocycles. The molecule has 0 aliphatic rings. The van der Waals surface area contributed by atoms with Crippen LogP contribution in [-0.2, 0) is 47.2 Å². The van der Waals surface area contributed by atoms with Gasteiger partial charge in [-0.2, -0.15) is 18.6 Å². The number of halogens is 2. The fraction of sp³-hybridized carbons (Fsp3) is 0.500. The smallest absolute Gasteiger partial charge is 0.333 e. The second kappa shape index (κ2) is 21.5. The summed E-state index contributed by atoms with van der Waals surface area (Å²) in [6.45, 7) is 16.4. The molecule has 4 N–H and O–H groups in total. The molecule has 0 radical (unpaired) electrons. The van der Waals surface area contributed by atoms with E-state index in [1.165, 1.54) is 45.8 Å². The van der Waals surface area contributed by atoms with Crippen molar-refractivity contribution in [2.45, 2.75) is 102 Å². The monoisotopic (exact) mass is 878 g/mol. The van der Waals surface area contributed by atoms with Crippen molar-refractivity contribution in [2.75, 3.05) is 33.5 Å². The minimum Gasteiger partial charge on any atom is -0.387 e. The number of hydrogen-bond donors (Lipinski definition) is 3. The van der Waals surface area contributed by atoms with Gasteiger partial charge in [0.05, 0.1) is 11.4 Å². The number of anilines is 1. The van der Waals surface area contributed by atoms with Crippen LogP contribution in [0.25, 0.3) is 0 Å². The summed E-state index contributed by atoms with van der Waals surface area (Å²) in [7, 11) is 2.95. The maximum atomic E-state index is 14.1. The molecule has 0 spiro atoms. The Bertz CT molecular complexity index is 2310. The topological polar surface area (TPSA) is 211 Å². The Morgan fingerprint density at radius 2 is 1.10 bits per heavy atom. The number of sulfonamides is 2. The van der Waals surface area contributed by atoms with Crippen molar-refractivity contribution >= 4 is 31.8 Å². The Morgan fingerprint density at radius 1 is 0.733 bits per heavy atom. The zero-order chi connectivity index (χ0) is 46.0. The van der Waals surface area contributed by atoms with E-state index in [1.807, 2.05) is 98.1 Å². The van der Waals surface area contributed by atoms with E-state index in [2.05, 4.69) is 15.5 Å². The first-order chi connectivity index (χ1) is 27.6. The molecule has 20 heteroatoms. The maximum Gasteiger partial charge on any atom is 0.333 e. The molecule has 0 saturated heterocycles. The van der Waals surface area contributed by atoms with Crippen LogP contribution in [0.15, 0.2) is 46.5 Å². The van der Waals surface area contributed by atoms with E-state index in [-0.39, 0.29) is 39.5 Å².